The van der Waals surface area contributed by atoms with E-state index in [4.69, 9.17) is 0 Å². The molecule has 0 N–H and O–H groups in total. The third-order valence-corrected chi connectivity index (χ3v) is 5.46. The van der Waals surface area contributed by atoms with E-state index in [2.05, 4.69) is 10.2 Å². The van der Waals surface area contributed by atoms with E-state index in [1.807, 2.05) is 35.8 Å². The van der Waals surface area contributed by atoms with Crippen molar-refractivity contribution in [3.05, 3.63) is 95.3 Å². The number of hydrogen-bond acceptors (Lipinski definition) is 3. The van der Waals surface area contributed by atoms with Gasteiger partial charge in [-0.2, -0.15) is 0 Å². The Bertz CT molecular complexity index is 1160. The molecule has 0 spiro atoms. The predicted octanol–water partition coefficient (Wildman–Crippen LogP) is 5.95. The van der Waals surface area contributed by atoms with Gasteiger partial charge in [-0.05, 0) is 48.9 Å². The number of halogens is 3. The van der Waals surface area contributed by atoms with Crippen molar-refractivity contribution in [1.82, 2.24) is 14.8 Å². The van der Waals surface area contributed by atoms with Crippen molar-refractivity contribution in [3.63, 3.8) is 0 Å². The van der Waals surface area contributed by atoms with Gasteiger partial charge in [0.25, 0.3) is 0 Å². The van der Waals surface area contributed by atoms with Gasteiger partial charge in [0.2, 0.25) is 0 Å². The van der Waals surface area contributed by atoms with Crippen molar-refractivity contribution in [2.75, 3.05) is 0 Å². The van der Waals surface area contributed by atoms with Gasteiger partial charge in [0.1, 0.15) is 5.82 Å². The van der Waals surface area contributed by atoms with Gasteiger partial charge in [-0.15, -0.1) is 10.2 Å². The number of aryl methyl sites for hydroxylation is 1. The molecule has 0 fully saturated rings. The number of benzene rings is 3. The van der Waals surface area contributed by atoms with Crippen molar-refractivity contribution in [2.24, 2.45) is 0 Å². The van der Waals surface area contributed by atoms with Crippen LogP contribution in [0.25, 0.3) is 17.1 Å². The van der Waals surface area contributed by atoms with E-state index in [9.17, 15) is 13.2 Å². The van der Waals surface area contributed by atoms with E-state index < -0.39 is 11.6 Å². The van der Waals surface area contributed by atoms with E-state index in [1.54, 1.807) is 18.2 Å². The zero-order valence-corrected chi connectivity index (χ0v) is 16.3. The van der Waals surface area contributed by atoms with Crippen LogP contribution in [0.2, 0.25) is 0 Å². The van der Waals surface area contributed by atoms with Crippen molar-refractivity contribution < 1.29 is 13.2 Å². The van der Waals surface area contributed by atoms with E-state index in [-0.39, 0.29) is 17.1 Å². The first-order chi connectivity index (χ1) is 14.0. The van der Waals surface area contributed by atoms with Crippen LogP contribution in [0, 0.1) is 24.4 Å². The summed E-state index contributed by atoms with van der Waals surface area (Å²) in [5.74, 6) is -1.35. The standard InChI is InChI=1S/C22H16F3N3S/c1-14-5-2-3-8-19(14)28-21(15-9-11-17(23)12-10-15)26-27-22(28)29-13-16-6-4-7-18(24)20(16)25/h2-12H,13H2,1H3. The molecular formula is C22H16F3N3S. The smallest absolute Gasteiger partial charge is 0.196 e. The Balaban J connectivity index is 1.77. The molecule has 3 aromatic carbocycles. The monoisotopic (exact) mass is 411 g/mol. The predicted molar refractivity (Wildman–Crippen MR) is 107 cm³/mol. The summed E-state index contributed by atoms with van der Waals surface area (Å²) in [6.45, 7) is 1.96. The lowest BCUT2D eigenvalue weighted by Gasteiger charge is -2.13. The Labute approximate surface area is 170 Å². The molecule has 0 atom stereocenters. The summed E-state index contributed by atoms with van der Waals surface area (Å²) in [7, 11) is 0. The van der Waals surface area contributed by atoms with Crippen LogP contribution in [-0.2, 0) is 5.75 Å². The maximum absolute atomic E-state index is 14.0. The average Bonchev–Trinajstić information content (AvgIpc) is 3.14. The summed E-state index contributed by atoms with van der Waals surface area (Å²) in [6.07, 6.45) is 0. The Morgan fingerprint density at radius 2 is 1.62 bits per heavy atom. The summed E-state index contributed by atoms with van der Waals surface area (Å²) < 4.78 is 42.8. The highest BCUT2D eigenvalue weighted by Crippen LogP contribution is 2.31. The number of rotatable bonds is 5. The van der Waals surface area contributed by atoms with Crippen LogP contribution in [0.4, 0.5) is 13.2 Å². The molecule has 3 nitrogen and oxygen atoms in total. The first kappa shape index (κ1) is 19.3. The number of thioether (sulfide) groups is 1. The summed E-state index contributed by atoms with van der Waals surface area (Å²) in [4.78, 5) is 0. The summed E-state index contributed by atoms with van der Waals surface area (Å²) >= 11 is 1.25. The molecule has 0 amide bonds. The zero-order valence-electron chi connectivity index (χ0n) is 15.4. The second kappa shape index (κ2) is 8.13. The molecule has 29 heavy (non-hydrogen) atoms. The molecule has 0 saturated carbocycles. The minimum absolute atomic E-state index is 0.191. The molecule has 1 heterocycles. The second-order valence-electron chi connectivity index (χ2n) is 6.44. The minimum Gasteiger partial charge on any atom is -0.270 e. The summed E-state index contributed by atoms with van der Waals surface area (Å²) in [6, 6.07) is 17.8. The van der Waals surface area contributed by atoms with E-state index >= 15 is 0 Å². The summed E-state index contributed by atoms with van der Waals surface area (Å²) in [5, 5.41) is 9.08. The van der Waals surface area contributed by atoms with Crippen molar-refractivity contribution in [3.8, 4) is 17.1 Å². The van der Waals surface area contributed by atoms with Crippen molar-refractivity contribution >= 4 is 11.8 Å². The van der Waals surface area contributed by atoms with Crippen LogP contribution in [0.15, 0.2) is 71.9 Å². The molecule has 0 aliphatic carbocycles. The topological polar surface area (TPSA) is 30.7 Å². The van der Waals surface area contributed by atoms with Gasteiger partial charge in [0.05, 0.1) is 5.69 Å². The highest BCUT2D eigenvalue weighted by Gasteiger charge is 2.18. The Hall–Kier alpha value is -3.06. The number of para-hydroxylation sites is 1. The van der Waals surface area contributed by atoms with E-state index in [0.29, 0.717) is 16.5 Å². The first-order valence-corrected chi connectivity index (χ1v) is 9.86. The van der Waals surface area contributed by atoms with Crippen LogP contribution in [0.3, 0.4) is 0 Å². The lowest BCUT2D eigenvalue weighted by atomic mass is 10.1. The van der Waals surface area contributed by atoms with Crippen molar-refractivity contribution in [2.45, 2.75) is 17.8 Å². The van der Waals surface area contributed by atoms with Crippen LogP contribution < -0.4 is 0 Å². The van der Waals surface area contributed by atoms with Gasteiger partial charge in [0, 0.05) is 16.9 Å². The molecule has 0 aliphatic heterocycles. The minimum atomic E-state index is -0.879. The maximum atomic E-state index is 14.0. The molecular weight excluding hydrogens is 395 g/mol. The quantitative estimate of drug-likeness (QED) is 0.380. The summed E-state index contributed by atoms with van der Waals surface area (Å²) in [5.41, 5.74) is 2.80. The first-order valence-electron chi connectivity index (χ1n) is 8.87. The lowest BCUT2D eigenvalue weighted by Crippen LogP contribution is -2.02. The SMILES string of the molecule is Cc1ccccc1-n1c(SCc2cccc(F)c2F)nnc1-c1ccc(F)cc1. The fourth-order valence-electron chi connectivity index (χ4n) is 2.98. The molecule has 1 aromatic heterocycles. The van der Waals surface area contributed by atoms with Gasteiger partial charge < -0.3 is 0 Å². The van der Waals surface area contributed by atoms with Crippen LogP contribution in [0.5, 0.6) is 0 Å². The normalized spacial score (nSPS) is 11.0. The molecule has 0 aliphatic rings. The third-order valence-electron chi connectivity index (χ3n) is 4.48. The Kier molecular flexibility index (Phi) is 5.40. The van der Waals surface area contributed by atoms with Crippen LogP contribution >= 0.6 is 11.8 Å². The fraction of sp³-hybridized carbons (Fsp3) is 0.0909. The number of hydrogen-bond donors (Lipinski definition) is 0. The lowest BCUT2D eigenvalue weighted by molar-refractivity contribution is 0.502. The average molecular weight is 411 g/mol. The highest BCUT2D eigenvalue weighted by atomic mass is 32.2. The van der Waals surface area contributed by atoms with Crippen LogP contribution in [0.1, 0.15) is 11.1 Å². The molecule has 0 bridgehead atoms. The number of nitrogens with zero attached hydrogens (tertiary/aromatic N) is 3. The second-order valence-corrected chi connectivity index (χ2v) is 7.38. The molecule has 4 rings (SSSR count). The van der Waals surface area contributed by atoms with Gasteiger partial charge in [0.15, 0.2) is 22.6 Å². The molecule has 0 unspecified atom stereocenters. The van der Waals surface area contributed by atoms with E-state index in [0.717, 1.165) is 17.3 Å². The highest BCUT2D eigenvalue weighted by molar-refractivity contribution is 7.98. The van der Waals surface area contributed by atoms with Crippen LogP contribution in [-0.4, -0.2) is 14.8 Å². The molecule has 4 aromatic rings. The Morgan fingerprint density at radius 3 is 2.38 bits per heavy atom. The molecule has 0 radical (unpaired) electrons. The molecule has 7 heteroatoms. The van der Waals surface area contributed by atoms with Gasteiger partial charge >= 0.3 is 0 Å². The third kappa shape index (κ3) is 3.91. The number of aromatic nitrogens is 3. The van der Waals surface area contributed by atoms with Gasteiger partial charge in [-0.1, -0.05) is 42.1 Å². The van der Waals surface area contributed by atoms with Gasteiger partial charge in [-0.25, -0.2) is 13.2 Å². The maximum Gasteiger partial charge on any atom is 0.196 e. The molecule has 146 valence electrons. The molecule has 0 saturated heterocycles. The van der Waals surface area contributed by atoms with Gasteiger partial charge in [-0.3, -0.25) is 4.57 Å². The fourth-order valence-corrected chi connectivity index (χ4v) is 3.90. The zero-order chi connectivity index (χ0) is 20.4. The Morgan fingerprint density at radius 1 is 0.862 bits per heavy atom. The van der Waals surface area contributed by atoms with Crippen molar-refractivity contribution in [1.29, 1.82) is 0 Å². The van der Waals surface area contributed by atoms with E-state index in [1.165, 1.54) is 30.0 Å². The largest absolute Gasteiger partial charge is 0.270 e.